The fourth-order valence-corrected chi connectivity index (χ4v) is 7.33. The number of sulfonamides is 1. The molecule has 0 spiro atoms. The summed E-state index contributed by atoms with van der Waals surface area (Å²) in [5, 5.41) is 7.94. The van der Waals surface area contributed by atoms with Crippen LogP contribution in [0.3, 0.4) is 0 Å². The van der Waals surface area contributed by atoms with Gasteiger partial charge < -0.3 is 4.98 Å². The molecule has 0 radical (unpaired) electrons. The van der Waals surface area contributed by atoms with Crippen molar-refractivity contribution >= 4 is 49.9 Å². The number of piperidine rings is 1. The summed E-state index contributed by atoms with van der Waals surface area (Å²) in [6.45, 7) is 0.734. The van der Waals surface area contributed by atoms with Gasteiger partial charge in [0, 0.05) is 34.6 Å². The molecule has 190 valence electrons. The Morgan fingerprint density at radius 2 is 1.81 bits per heavy atom. The zero-order chi connectivity index (χ0) is 26.0. The van der Waals surface area contributed by atoms with E-state index in [0.717, 1.165) is 22.4 Å². The van der Waals surface area contributed by atoms with Crippen molar-refractivity contribution in [2.24, 2.45) is 10.2 Å². The number of nitrogens with zero attached hydrogens (tertiary/aromatic N) is 5. The lowest BCUT2D eigenvalue weighted by Crippen LogP contribution is -2.40. The third kappa shape index (κ3) is 5.34. The van der Waals surface area contributed by atoms with Crippen LogP contribution in [-0.2, 0) is 16.6 Å². The molecule has 4 aromatic rings. The fraction of sp³-hybridized carbons (Fsp3) is 0.250. The normalized spacial score (nSPS) is 14.9. The number of hydrogen-bond donors (Lipinski definition) is 1. The average Bonchev–Trinajstić information content (AvgIpc) is 3.51. The number of rotatable bonds is 6. The standard InChI is InChI=1S/C24H21ClN6O4S2/c25-17-7-5-16(6-8-17)23(32)28-29-26-15-19-9-10-22(36-19)37(34,35)30-13-11-18(12-14-30)31-21-4-2-1-3-20(21)27-24(31)33/h1-10,18H,11-15H2/p+1. The van der Waals surface area contributed by atoms with Gasteiger partial charge in [0.1, 0.15) is 9.32 Å². The van der Waals surface area contributed by atoms with Crippen LogP contribution in [0.5, 0.6) is 0 Å². The van der Waals surface area contributed by atoms with Gasteiger partial charge in [0.05, 0.1) is 11.0 Å². The van der Waals surface area contributed by atoms with E-state index in [1.165, 1.54) is 4.31 Å². The first-order valence-corrected chi connectivity index (χ1v) is 14.1. The monoisotopic (exact) mass is 557 g/mol. The van der Waals surface area contributed by atoms with E-state index in [-0.39, 0.29) is 22.5 Å². The maximum Gasteiger partial charge on any atom is 0.360 e. The molecule has 1 saturated heterocycles. The number of fused-ring (bicyclic) bond motifs is 1. The zero-order valence-corrected chi connectivity index (χ0v) is 21.8. The van der Waals surface area contributed by atoms with Gasteiger partial charge in [-0.2, -0.15) is 4.31 Å². The topological polar surface area (TPSA) is 131 Å². The number of aromatic nitrogens is 2. The Labute approximate surface area is 221 Å². The van der Waals surface area contributed by atoms with Crippen molar-refractivity contribution in [1.82, 2.24) is 18.8 Å². The lowest BCUT2D eigenvalue weighted by Gasteiger charge is -2.31. The van der Waals surface area contributed by atoms with Gasteiger partial charge in [-0.3, -0.25) is 9.36 Å². The number of amides is 1. The highest BCUT2D eigenvalue weighted by molar-refractivity contribution is 7.91. The second-order valence-corrected chi connectivity index (χ2v) is 12.2. The number of imidazole rings is 1. The van der Waals surface area contributed by atoms with Crippen LogP contribution < -0.4 is 10.6 Å². The predicted octanol–water partition coefficient (Wildman–Crippen LogP) is 4.38. The molecule has 37 heavy (non-hydrogen) atoms. The van der Waals surface area contributed by atoms with Crippen LogP contribution in [0.15, 0.2) is 79.9 Å². The first-order chi connectivity index (χ1) is 17.8. The summed E-state index contributed by atoms with van der Waals surface area (Å²) < 4.78 is 29.8. The van der Waals surface area contributed by atoms with Crippen LogP contribution in [0.25, 0.3) is 11.0 Å². The summed E-state index contributed by atoms with van der Waals surface area (Å²) in [6, 6.07) is 16.9. The molecule has 0 aliphatic carbocycles. The number of para-hydroxylation sites is 2. The van der Waals surface area contributed by atoms with Crippen LogP contribution in [0.2, 0.25) is 5.02 Å². The van der Waals surface area contributed by atoms with Gasteiger partial charge in [-0.1, -0.05) is 23.7 Å². The van der Waals surface area contributed by atoms with Crippen LogP contribution in [-0.4, -0.2) is 41.3 Å². The maximum atomic E-state index is 13.2. The minimum absolute atomic E-state index is 0.0752. The lowest BCUT2D eigenvalue weighted by molar-refractivity contribution is 0.0992. The summed E-state index contributed by atoms with van der Waals surface area (Å²) in [7, 11) is -3.67. The molecule has 3 heterocycles. The van der Waals surface area contributed by atoms with Gasteiger partial charge >= 0.3 is 11.6 Å². The van der Waals surface area contributed by atoms with Crippen molar-refractivity contribution in [3.63, 3.8) is 0 Å². The second kappa shape index (κ2) is 10.5. The number of H-pyrrole nitrogens is 1. The van der Waals surface area contributed by atoms with Gasteiger partial charge in [-0.15, -0.1) is 11.3 Å². The molecule has 1 fully saturated rings. The summed E-state index contributed by atoms with van der Waals surface area (Å²) in [5.74, 6) is -0.548. The number of thiophene rings is 1. The predicted molar refractivity (Wildman–Crippen MR) is 140 cm³/mol. The summed E-state index contributed by atoms with van der Waals surface area (Å²) >= 11 is 6.91. The summed E-state index contributed by atoms with van der Waals surface area (Å²) in [5.41, 5.74) is 1.76. The van der Waals surface area contributed by atoms with Gasteiger partial charge in [-0.05, 0) is 61.4 Å². The number of carbonyl (C=O) groups excluding carboxylic acids is 1. The largest absolute Gasteiger partial charge is 0.360 e. The van der Waals surface area contributed by atoms with E-state index < -0.39 is 15.9 Å². The number of nitrogens with one attached hydrogen (secondary N) is 1. The highest BCUT2D eigenvalue weighted by atomic mass is 35.5. The molecule has 13 heteroatoms. The molecule has 2 aromatic carbocycles. The molecule has 1 aliphatic heterocycles. The first kappa shape index (κ1) is 25.2. The van der Waals surface area contributed by atoms with E-state index in [4.69, 9.17) is 11.6 Å². The number of benzene rings is 2. The molecular formula is C24H22ClN6O4S2+. The van der Waals surface area contributed by atoms with Crippen molar-refractivity contribution in [2.75, 3.05) is 13.1 Å². The molecule has 2 aromatic heterocycles. The summed E-state index contributed by atoms with van der Waals surface area (Å²) in [4.78, 5) is 31.6. The second-order valence-electron chi connectivity index (χ2n) is 8.47. The Hall–Kier alpha value is -3.41. The Morgan fingerprint density at radius 1 is 1.08 bits per heavy atom. The Bertz CT molecular complexity index is 1680. The molecule has 0 saturated carbocycles. The smallest absolute Gasteiger partial charge is 0.306 e. The van der Waals surface area contributed by atoms with Crippen LogP contribution in [0.1, 0.15) is 34.1 Å². The van der Waals surface area contributed by atoms with Gasteiger partial charge in [0.25, 0.3) is 10.0 Å². The summed E-state index contributed by atoms with van der Waals surface area (Å²) in [6.07, 6.45) is 1.08. The van der Waals surface area contributed by atoms with Crippen molar-refractivity contribution in [1.29, 1.82) is 0 Å². The lowest BCUT2D eigenvalue weighted by atomic mass is 10.1. The molecule has 5 rings (SSSR count). The number of carbonyl (C=O) groups is 1. The Kier molecular flexibility index (Phi) is 7.18. The highest BCUT2D eigenvalue weighted by Crippen LogP contribution is 2.31. The minimum atomic E-state index is -3.67. The fourth-order valence-electron chi connectivity index (χ4n) is 4.31. The first-order valence-electron chi connectivity index (χ1n) is 11.5. The van der Waals surface area contributed by atoms with E-state index in [1.54, 1.807) is 41.0 Å². The third-order valence-corrected chi connectivity index (χ3v) is 9.85. The van der Waals surface area contributed by atoms with E-state index in [2.05, 4.69) is 20.1 Å². The molecule has 1 aliphatic rings. The number of halogens is 1. The molecule has 0 unspecified atom stereocenters. The maximum absolute atomic E-state index is 13.2. The Morgan fingerprint density at radius 3 is 2.57 bits per heavy atom. The number of aromatic amines is 1. The number of hydrogen-bond acceptors (Lipinski definition) is 6. The molecular weight excluding hydrogens is 536 g/mol. The van der Waals surface area contributed by atoms with Crippen molar-refractivity contribution in [3.05, 3.63) is 86.6 Å². The third-order valence-electron chi connectivity index (χ3n) is 6.16. The SMILES string of the molecule is O=C(N=[N+]=NCc1ccc(S(=O)(=O)N2CCC(n3c(=O)[nH]c4ccccc43)CC2)s1)c1ccc(Cl)cc1. The van der Waals surface area contributed by atoms with Crippen LogP contribution in [0.4, 0.5) is 0 Å². The van der Waals surface area contributed by atoms with Gasteiger partial charge in [-0.25, -0.2) is 13.2 Å². The molecule has 0 bridgehead atoms. The highest BCUT2D eigenvalue weighted by Gasteiger charge is 2.32. The van der Waals surface area contributed by atoms with Crippen LogP contribution in [0, 0.1) is 0 Å². The van der Waals surface area contributed by atoms with E-state index in [9.17, 15) is 18.0 Å². The van der Waals surface area contributed by atoms with Crippen molar-refractivity contribution < 1.29 is 13.2 Å². The molecule has 1 amide bonds. The van der Waals surface area contributed by atoms with Crippen molar-refractivity contribution in [3.8, 4) is 0 Å². The average molecular weight is 558 g/mol. The van der Waals surface area contributed by atoms with Gasteiger partial charge in [0.2, 0.25) is 10.0 Å². The molecule has 10 nitrogen and oxygen atoms in total. The Balaban J connectivity index is 1.21. The van der Waals surface area contributed by atoms with E-state index in [0.29, 0.717) is 41.4 Å². The molecule has 1 N–H and O–H groups in total. The van der Waals surface area contributed by atoms with Crippen molar-refractivity contribution in [2.45, 2.75) is 29.6 Å². The van der Waals surface area contributed by atoms with E-state index >= 15 is 0 Å². The van der Waals surface area contributed by atoms with E-state index in [1.807, 2.05) is 24.3 Å². The van der Waals surface area contributed by atoms with Gasteiger partial charge in [0.15, 0.2) is 6.54 Å². The quantitative estimate of drug-likeness (QED) is 0.278. The zero-order valence-electron chi connectivity index (χ0n) is 19.4. The van der Waals surface area contributed by atoms with Crippen LogP contribution >= 0.6 is 22.9 Å². The molecule has 0 atom stereocenters. The minimum Gasteiger partial charge on any atom is -0.306 e.